The maximum atomic E-state index is 12.6. The van der Waals surface area contributed by atoms with Gasteiger partial charge in [-0.2, -0.15) is 8.75 Å². The Bertz CT molecular complexity index is 1170. The second-order valence-corrected chi connectivity index (χ2v) is 7.20. The SMILES string of the molecule is O=C1c2ccccc2-c2nc3c(Br)c4nsnc4c(Br)c3nc21. The molecule has 2 aromatic heterocycles. The molecule has 1 aliphatic carbocycles. The molecular weight excluding hydrogens is 444 g/mol. The number of benzene rings is 2. The highest BCUT2D eigenvalue weighted by Gasteiger charge is 2.31. The molecule has 0 aliphatic heterocycles. The summed E-state index contributed by atoms with van der Waals surface area (Å²) in [6, 6.07) is 7.44. The molecule has 5 rings (SSSR count). The van der Waals surface area contributed by atoms with Crippen LogP contribution in [0.2, 0.25) is 0 Å². The molecule has 0 N–H and O–H groups in total. The zero-order valence-electron chi connectivity index (χ0n) is 11.2. The average molecular weight is 448 g/mol. The van der Waals surface area contributed by atoms with Crippen molar-refractivity contribution in [1.82, 2.24) is 18.7 Å². The summed E-state index contributed by atoms with van der Waals surface area (Å²) in [5.41, 5.74) is 5.19. The van der Waals surface area contributed by atoms with Crippen LogP contribution in [0.1, 0.15) is 16.1 Å². The van der Waals surface area contributed by atoms with Gasteiger partial charge in [-0.3, -0.25) is 4.79 Å². The molecule has 0 saturated carbocycles. The standard InChI is InChI=1S/C15H4Br2N4OS/c16-7-10-11(8(17)13-12(7)20-23-21-13)19-14-9(18-10)5-3-1-2-4-6(5)15(14)22/h1-4H. The van der Waals surface area contributed by atoms with Crippen molar-refractivity contribution < 1.29 is 4.79 Å². The lowest BCUT2D eigenvalue weighted by atomic mass is 10.1. The number of rotatable bonds is 0. The van der Waals surface area contributed by atoms with Crippen LogP contribution >= 0.6 is 43.6 Å². The Hall–Kier alpha value is -1.77. The first-order valence-electron chi connectivity index (χ1n) is 6.62. The first-order chi connectivity index (χ1) is 11.2. The van der Waals surface area contributed by atoms with E-state index in [-0.39, 0.29) is 5.78 Å². The molecular formula is C15H4Br2N4OS. The Morgan fingerprint density at radius 3 is 2.00 bits per heavy atom. The third-order valence-corrected chi connectivity index (χ3v) is 5.89. The van der Waals surface area contributed by atoms with E-state index < -0.39 is 0 Å². The minimum absolute atomic E-state index is 0.0930. The molecule has 2 aromatic carbocycles. The maximum Gasteiger partial charge on any atom is 0.214 e. The van der Waals surface area contributed by atoms with Crippen LogP contribution in [-0.4, -0.2) is 24.5 Å². The fourth-order valence-corrected chi connectivity index (χ4v) is 4.70. The van der Waals surface area contributed by atoms with Gasteiger partial charge in [0.15, 0.2) is 0 Å². The van der Waals surface area contributed by atoms with Crippen molar-refractivity contribution in [3.05, 3.63) is 44.5 Å². The van der Waals surface area contributed by atoms with Crippen molar-refractivity contribution in [2.75, 3.05) is 0 Å². The van der Waals surface area contributed by atoms with Crippen molar-refractivity contribution in [2.45, 2.75) is 0 Å². The largest absolute Gasteiger partial charge is 0.287 e. The number of nitrogens with zero attached hydrogens (tertiary/aromatic N) is 4. The molecule has 2 heterocycles. The molecule has 1 aliphatic rings. The highest BCUT2D eigenvalue weighted by Crippen LogP contribution is 2.41. The van der Waals surface area contributed by atoms with Gasteiger partial charge in [0.1, 0.15) is 33.5 Å². The first-order valence-corrected chi connectivity index (χ1v) is 8.93. The monoisotopic (exact) mass is 446 g/mol. The second-order valence-electron chi connectivity index (χ2n) is 5.08. The summed E-state index contributed by atoms with van der Waals surface area (Å²) < 4.78 is 10.0. The summed E-state index contributed by atoms with van der Waals surface area (Å²) in [6.07, 6.45) is 0. The van der Waals surface area contributed by atoms with E-state index in [4.69, 9.17) is 4.98 Å². The third-order valence-electron chi connectivity index (χ3n) is 3.86. The number of aromatic nitrogens is 4. The van der Waals surface area contributed by atoms with Gasteiger partial charge in [-0.05, 0) is 31.9 Å². The van der Waals surface area contributed by atoms with Gasteiger partial charge in [0, 0.05) is 11.1 Å². The lowest BCUT2D eigenvalue weighted by Crippen LogP contribution is -2.01. The van der Waals surface area contributed by atoms with E-state index in [0.29, 0.717) is 38.0 Å². The van der Waals surface area contributed by atoms with Crippen molar-refractivity contribution in [3.8, 4) is 11.3 Å². The molecule has 0 unspecified atom stereocenters. The number of carbonyl (C=O) groups excluding carboxylic acids is 1. The number of ketones is 1. The Morgan fingerprint density at radius 2 is 1.35 bits per heavy atom. The summed E-state index contributed by atoms with van der Waals surface area (Å²) in [4.78, 5) is 21.9. The van der Waals surface area contributed by atoms with Crippen molar-refractivity contribution in [1.29, 1.82) is 0 Å². The molecule has 0 spiro atoms. The molecule has 0 saturated heterocycles. The van der Waals surface area contributed by atoms with E-state index >= 15 is 0 Å². The minimum Gasteiger partial charge on any atom is -0.287 e. The van der Waals surface area contributed by atoms with E-state index in [1.807, 2.05) is 18.2 Å². The summed E-state index contributed by atoms with van der Waals surface area (Å²) in [6.45, 7) is 0. The van der Waals surface area contributed by atoms with Gasteiger partial charge in [0.25, 0.3) is 0 Å². The molecule has 8 heteroatoms. The van der Waals surface area contributed by atoms with Crippen molar-refractivity contribution >= 4 is 71.4 Å². The normalized spacial score (nSPS) is 12.9. The fourth-order valence-electron chi connectivity index (χ4n) is 2.80. The number of fused-ring (bicyclic) bond motifs is 5. The summed E-state index contributed by atoms with van der Waals surface area (Å²) >= 11 is 8.21. The van der Waals surface area contributed by atoms with Gasteiger partial charge in [0.2, 0.25) is 5.78 Å². The van der Waals surface area contributed by atoms with Crippen LogP contribution in [0.15, 0.2) is 33.2 Å². The predicted molar refractivity (Wildman–Crippen MR) is 94.8 cm³/mol. The van der Waals surface area contributed by atoms with Crippen molar-refractivity contribution in [3.63, 3.8) is 0 Å². The van der Waals surface area contributed by atoms with Gasteiger partial charge in [-0.25, -0.2) is 9.97 Å². The smallest absolute Gasteiger partial charge is 0.214 e. The molecule has 23 heavy (non-hydrogen) atoms. The van der Waals surface area contributed by atoms with E-state index in [9.17, 15) is 4.79 Å². The van der Waals surface area contributed by atoms with Crippen LogP contribution in [0, 0.1) is 0 Å². The van der Waals surface area contributed by atoms with Gasteiger partial charge >= 0.3 is 0 Å². The van der Waals surface area contributed by atoms with Gasteiger partial charge in [-0.1, -0.05) is 24.3 Å². The van der Waals surface area contributed by atoms with Crippen LogP contribution in [0.4, 0.5) is 0 Å². The molecule has 110 valence electrons. The van der Waals surface area contributed by atoms with Crippen LogP contribution < -0.4 is 0 Å². The fraction of sp³-hybridized carbons (Fsp3) is 0. The predicted octanol–water partition coefficient (Wildman–Crippen LogP) is 4.37. The van der Waals surface area contributed by atoms with Gasteiger partial charge < -0.3 is 0 Å². The average Bonchev–Trinajstić information content (AvgIpc) is 3.17. The van der Waals surface area contributed by atoms with E-state index in [1.165, 1.54) is 0 Å². The first kappa shape index (κ1) is 13.6. The summed E-state index contributed by atoms with van der Waals surface area (Å²) in [5.74, 6) is -0.0930. The zero-order chi connectivity index (χ0) is 15.7. The topological polar surface area (TPSA) is 68.6 Å². The highest BCUT2D eigenvalue weighted by molar-refractivity contribution is 9.11. The molecule has 4 aromatic rings. The Labute approximate surface area is 150 Å². The number of hydrogen-bond acceptors (Lipinski definition) is 6. The lowest BCUT2D eigenvalue weighted by Gasteiger charge is -2.06. The molecule has 0 atom stereocenters. The number of hydrogen-bond donors (Lipinski definition) is 0. The van der Waals surface area contributed by atoms with Crippen LogP contribution in [0.5, 0.6) is 0 Å². The van der Waals surface area contributed by atoms with E-state index in [2.05, 4.69) is 45.6 Å². The lowest BCUT2D eigenvalue weighted by molar-refractivity contribution is 0.103. The Balaban J connectivity index is 1.98. The van der Waals surface area contributed by atoms with E-state index in [0.717, 1.165) is 27.3 Å². The van der Waals surface area contributed by atoms with Crippen LogP contribution in [0.25, 0.3) is 33.3 Å². The molecule has 0 radical (unpaired) electrons. The number of halogens is 2. The molecule has 0 bridgehead atoms. The van der Waals surface area contributed by atoms with E-state index in [1.54, 1.807) is 6.07 Å². The number of carbonyl (C=O) groups is 1. The summed E-state index contributed by atoms with van der Waals surface area (Å²) in [5, 5.41) is 0. The maximum absolute atomic E-state index is 12.6. The highest BCUT2D eigenvalue weighted by atomic mass is 79.9. The van der Waals surface area contributed by atoms with Crippen molar-refractivity contribution in [2.24, 2.45) is 0 Å². The second kappa shape index (κ2) is 4.62. The Morgan fingerprint density at radius 1 is 0.783 bits per heavy atom. The quantitative estimate of drug-likeness (QED) is 0.352. The van der Waals surface area contributed by atoms with Gasteiger partial charge in [-0.15, -0.1) is 0 Å². The molecule has 0 fully saturated rings. The van der Waals surface area contributed by atoms with Crippen LogP contribution in [-0.2, 0) is 0 Å². The minimum atomic E-state index is -0.0930. The van der Waals surface area contributed by atoms with Gasteiger partial charge in [0.05, 0.1) is 20.7 Å². The summed E-state index contributed by atoms with van der Waals surface area (Å²) in [7, 11) is 0. The molecule has 0 amide bonds. The third kappa shape index (κ3) is 1.68. The Kier molecular flexibility index (Phi) is 2.74. The molecule has 5 nitrogen and oxygen atoms in total. The van der Waals surface area contributed by atoms with Crippen LogP contribution in [0.3, 0.4) is 0 Å². The zero-order valence-corrected chi connectivity index (χ0v) is 15.2.